The van der Waals surface area contributed by atoms with Gasteiger partial charge in [-0.25, -0.2) is 0 Å². The number of nitrogens with one attached hydrogen (secondary N) is 1. The van der Waals surface area contributed by atoms with Gasteiger partial charge < -0.3 is 15.0 Å². The molecule has 0 spiro atoms. The molecule has 1 fully saturated rings. The summed E-state index contributed by atoms with van der Waals surface area (Å²) in [5.74, 6) is 0.742. The Balaban J connectivity index is 1.40. The largest absolute Gasteiger partial charge is 0.497 e. The maximum Gasteiger partial charge on any atom is 0.229 e. The van der Waals surface area contributed by atoms with Crippen LogP contribution in [0.3, 0.4) is 0 Å². The van der Waals surface area contributed by atoms with Crippen molar-refractivity contribution in [2.45, 2.75) is 12.8 Å². The minimum atomic E-state index is -0.0696. The van der Waals surface area contributed by atoms with Gasteiger partial charge in [-0.05, 0) is 49.2 Å². The summed E-state index contributed by atoms with van der Waals surface area (Å²) < 4.78 is 7.09. The summed E-state index contributed by atoms with van der Waals surface area (Å²) in [4.78, 5) is 14.8. The fraction of sp³-hybridized carbons (Fsp3) is 0.316. The molecule has 0 bridgehead atoms. The number of rotatable bonds is 5. The van der Waals surface area contributed by atoms with Gasteiger partial charge in [-0.15, -0.1) is 10.2 Å². The number of benzene rings is 1. The zero-order valence-corrected chi connectivity index (χ0v) is 15.9. The van der Waals surface area contributed by atoms with Crippen LogP contribution in [0.4, 0.5) is 10.8 Å². The zero-order valence-electron chi connectivity index (χ0n) is 15.0. The Bertz CT molecular complexity index is 891. The van der Waals surface area contributed by atoms with Crippen molar-refractivity contribution in [1.29, 1.82) is 0 Å². The van der Waals surface area contributed by atoms with Crippen molar-refractivity contribution in [2.24, 2.45) is 5.92 Å². The van der Waals surface area contributed by atoms with E-state index in [1.807, 2.05) is 53.4 Å². The van der Waals surface area contributed by atoms with Crippen molar-refractivity contribution in [3.8, 4) is 10.9 Å². The Morgan fingerprint density at radius 3 is 2.67 bits per heavy atom. The van der Waals surface area contributed by atoms with Crippen LogP contribution < -0.4 is 15.0 Å². The molecule has 2 aromatic heterocycles. The lowest BCUT2D eigenvalue weighted by Crippen LogP contribution is -2.40. The normalized spacial score (nSPS) is 16.9. The average molecular weight is 383 g/mol. The molecule has 8 heteroatoms. The number of nitrogens with zero attached hydrogens (tertiary/aromatic N) is 4. The second-order valence-corrected chi connectivity index (χ2v) is 7.39. The third kappa shape index (κ3) is 3.95. The molecule has 140 valence electrons. The van der Waals surface area contributed by atoms with Gasteiger partial charge in [0.25, 0.3) is 0 Å². The van der Waals surface area contributed by atoms with Gasteiger partial charge in [0, 0.05) is 31.2 Å². The molecule has 4 rings (SSSR count). The van der Waals surface area contributed by atoms with Gasteiger partial charge in [0.1, 0.15) is 5.75 Å². The van der Waals surface area contributed by atoms with Gasteiger partial charge in [-0.1, -0.05) is 11.3 Å². The first-order valence-electron chi connectivity index (χ1n) is 8.89. The number of carbonyl (C=O) groups excluding carboxylic acids is 1. The van der Waals surface area contributed by atoms with E-state index < -0.39 is 0 Å². The summed E-state index contributed by atoms with van der Waals surface area (Å²) in [6.07, 6.45) is 5.73. The highest BCUT2D eigenvalue weighted by atomic mass is 32.1. The van der Waals surface area contributed by atoms with E-state index in [-0.39, 0.29) is 11.8 Å². The predicted molar refractivity (Wildman–Crippen MR) is 106 cm³/mol. The molecule has 1 aromatic carbocycles. The highest BCUT2D eigenvalue weighted by Gasteiger charge is 2.27. The second kappa shape index (κ2) is 7.79. The molecular formula is C19H21N5O2S. The number of methoxy groups -OCH3 is 1. The quantitative estimate of drug-likeness (QED) is 0.733. The van der Waals surface area contributed by atoms with Gasteiger partial charge in [0.15, 0.2) is 0 Å². The second-order valence-electron chi connectivity index (χ2n) is 6.46. The minimum absolute atomic E-state index is 0.0417. The monoisotopic (exact) mass is 383 g/mol. The first-order valence-corrected chi connectivity index (χ1v) is 9.71. The minimum Gasteiger partial charge on any atom is -0.497 e. The van der Waals surface area contributed by atoms with Crippen molar-refractivity contribution in [1.82, 2.24) is 14.8 Å². The first kappa shape index (κ1) is 17.5. The number of anilines is 2. The maximum atomic E-state index is 12.7. The topological polar surface area (TPSA) is 72.3 Å². The molecule has 0 unspecified atom stereocenters. The Labute approximate surface area is 161 Å². The molecule has 7 nitrogen and oxygen atoms in total. The molecule has 27 heavy (non-hydrogen) atoms. The predicted octanol–water partition coefficient (Wildman–Crippen LogP) is 3.19. The number of carbonyl (C=O) groups is 1. The van der Waals surface area contributed by atoms with Crippen LogP contribution >= 0.6 is 11.3 Å². The van der Waals surface area contributed by atoms with Crippen molar-refractivity contribution in [3.05, 3.63) is 48.8 Å². The Hall–Kier alpha value is -2.87. The number of hydrogen-bond donors (Lipinski definition) is 1. The summed E-state index contributed by atoms with van der Waals surface area (Å²) in [6.45, 7) is 1.55. The number of ether oxygens (including phenoxy) is 1. The number of aromatic nitrogens is 3. The van der Waals surface area contributed by atoms with Crippen LogP contribution in [0.2, 0.25) is 0 Å². The third-order valence-electron chi connectivity index (χ3n) is 4.65. The van der Waals surface area contributed by atoms with Gasteiger partial charge in [0.05, 0.1) is 13.0 Å². The van der Waals surface area contributed by atoms with Crippen LogP contribution in [0.1, 0.15) is 12.8 Å². The van der Waals surface area contributed by atoms with Crippen molar-refractivity contribution in [2.75, 3.05) is 30.4 Å². The molecule has 0 saturated carbocycles. The fourth-order valence-electron chi connectivity index (χ4n) is 3.19. The van der Waals surface area contributed by atoms with E-state index in [1.165, 1.54) is 0 Å². The Kier molecular flexibility index (Phi) is 5.06. The van der Waals surface area contributed by atoms with Crippen LogP contribution in [0, 0.1) is 5.92 Å². The fourth-order valence-corrected chi connectivity index (χ4v) is 4.03. The van der Waals surface area contributed by atoms with Crippen LogP contribution in [0.5, 0.6) is 5.75 Å². The van der Waals surface area contributed by atoms with Crippen molar-refractivity contribution < 1.29 is 9.53 Å². The highest BCUT2D eigenvalue weighted by molar-refractivity contribution is 7.17. The smallest absolute Gasteiger partial charge is 0.229 e. The van der Waals surface area contributed by atoms with Gasteiger partial charge >= 0.3 is 0 Å². The van der Waals surface area contributed by atoms with Crippen LogP contribution in [0.15, 0.2) is 48.8 Å². The van der Waals surface area contributed by atoms with E-state index in [0.29, 0.717) is 6.54 Å². The summed E-state index contributed by atoms with van der Waals surface area (Å²) >= 11 is 1.54. The third-order valence-corrected chi connectivity index (χ3v) is 5.65. The Morgan fingerprint density at radius 2 is 1.93 bits per heavy atom. The van der Waals surface area contributed by atoms with E-state index in [9.17, 15) is 4.79 Å². The molecule has 1 aliphatic heterocycles. The van der Waals surface area contributed by atoms with E-state index in [1.54, 1.807) is 18.4 Å². The number of piperidine rings is 1. The molecule has 1 aliphatic rings. The van der Waals surface area contributed by atoms with Crippen molar-refractivity contribution in [3.63, 3.8) is 0 Å². The van der Waals surface area contributed by atoms with Gasteiger partial charge in [-0.2, -0.15) is 0 Å². The lowest BCUT2D eigenvalue weighted by Gasteiger charge is -2.31. The highest BCUT2D eigenvalue weighted by Crippen LogP contribution is 2.28. The molecule has 3 heterocycles. The standard InChI is InChI=1S/C19H21N5O2S/c1-26-16-8-6-15(7-9-16)20-17(25)14-5-4-12-24(13-14)19-22-21-18(27-19)23-10-2-3-11-23/h2-3,6-11,14H,4-5,12-13H2,1H3,(H,20,25)/t14-/m1/s1. The van der Waals surface area contributed by atoms with Crippen LogP contribution in [-0.2, 0) is 4.79 Å². The van der Waals surface area contributed by atoms with E-state index in [4.69, 9.17) is 4.74 Å². The molecule has 1 amide bonds. The van der Waals surface area contributed by atoms with Gasteiger partial charge in [-0.3, -0.25) is 9.36 Å². The summed E-state index contributed by atoms with van der Waals surface area (Å²) in [5, 5.41) is 13.3. The summed E-state index contributed by atoms with van der Waals surface area (Å²) in [6, 6.07) is 11.3. The molecule has 3 aromatic rings. The summed E-state index contributed by atoms with van der Waals surface area (Å²) in [7, 11) is 1.62. The zero-order chi connectivity index (χ0) is 18.6. The van der Waals surface area contributed by atoms with E-state index >= 15 is 0 Å². The summed E-state index contributed by atoms with van der Waals surface area (Å²) in [5.41, 5.74) is 0.781. The molecular weight excluding hydrogens is 362 g/mol. The molecule has 1 N–H and O–H groups in total. The molecule has 0 aliphatic carbocycles. The van der Waals surface area contributed by atoms with Crippen LogP contribution in [0.25, 0.3) is 5.13 Å². The SMILES string of the molecule is COc1ccc(NC(=O)[C@@H]2CCCN(c3nnc(-n4cccc4)s3)C2)cc1. The number of hydrogen-bond acceptors (Lipinski definition) is 6. The maximum absolute atomic E-state index is 12.7. The molecule has 1 saturated heterocycles. The Morgan fingerprint density at radius 1 is 1.19 bits per heavy atom. The molecule has 1 atom stereocenters. The number of amides is 1. The average Bonchev–Trinajstić information content (AvgIpc) is 3.40. The van der Waals surface area contributed by atoms with Crippen molar-refractivity contribution >= 4 is 28.1 Å². The van der Waals surface area contributed by atoms with Gasteiger partial charge in [0.2, 0.25) is 16.2 Å². The first-order chi connectivity index (χ1) is 13.2. The van der Waals surface area contributed by atoms with Crippen LogP contribution in [-0.4, -0.2) is 40.9 Å². The van der Waals surface area contributed by atoms with E-state index in [0.717, 1.165) is 41.1 Å². The lowest BCUT2D eigenvalue weighted by atomic mass is 9.97. The van der Waals surface area contributed by atoms with E-state index in [2.05, 4.69) is 20.4 Å². The molecule has 0 radical (unpaired) electrons. The lowest BCUT2D eigenvalue weighted by molar-refractivity contribution is -0.120.